The van der Waals surface area contributed by atoms with E-state index in [1.54, 1.807) is 17.4 Å². The van der Waals surface area contributed by atoms with Gasteiger partial charge in [0.1, 0.15) is 5.82 Å². The molecule has 0 bridgehead atoms. The molecule has 0 aliphatic rings. The summed E-state index contributed by atoms with van der Waals surface area (Å²) in [6, 6.07) is 6.50. The molecule has 0 fully saturated rings. The number of halogens is 3. The van der Waals surface area contributed by atoms with Crippen LogP contribution in [0.4, 0.5) is 4.39 Å². The van der Waals surface area contributed by atoms with E-state index in [9.17, 15) is 4.39 Å². The molecule has 1 unspecified atom stereocenters. The van der Waals surface area contributed by atoms with Gasteiger partial charge in [-0.15, -0.1) is 11.3 Å². The maximum absolute atomic E-state index is 13.1. The molecule has 90 valence electrons. The maximum atomic E-state index is 13.1. The van der Waals surface area contributed by atoms with Gasteiger partial charge in [-0.25, -0.2) is 4.39 Å². The molecule has 1 atom stereocenters. The molecule has 17 heavy (non-hydrogen) atoms. The predicted octanol–water partition coefficient (Wildman–Crippen LogP) is 4.61. The Hall–Kier alpha value is -0.420. The van der Waals surface area contributed by atoms with E-state index in [1.807, 2.05) is 18.5 Å². The van der Waals surface area contributed by atoms with Crippen LogP contribution in [0, 0.1) is 5.82 Å². The molecule has 1 N–H and O–H groups in total. The summed E-state index contributed by atoms with van der Waals surface area (Å²) in [5, 5.41) is 5.87. The summed E-state index contributed by atoms with van der Waals surface area (Å²) in [4.78, 5) is 1.03. The summed E-state index contributed by atoms with van der Waals surface area (Å²) in [6.45, 7) is 0. The first kappa shape index (κ1) is 13.0. The van der Waals surface area contributed by atoms with Gasteiger partial charge in [-0.2, -0.15) is 0 Å². The van der Waals surface area contributed by atoms with Crippen molar-refractivity contribution in [1.82, 2.24) is 5.32 Å². The first-order valence-corrected chi connectivity index (χ1v) is 7.03. The molecule has 5 heteroatoms. The largest absolute Gasteiger partial charge is 0.309 e. The van der Waals surface area contributed by atoms with Gasteiger partial charge < -0.3 is 5.32 Å². The summed E-state index contributed by atoms with van der Waals surface area (Å²) in [5.41, 5.74) is 0.971. The molecule has 1 aromatic carbocycles. The number of nitrogens with one attached hydrogen (secondary N) is 1. The van der Waals surface area contributed by atoms with E-state index in [2.05, 4.69) is 21.2 Å². The predicted molar refractivity (Wildman–Crippen MR) is 74.3 cm³/mol. The van der Waals surface area contributed by atoms with Crippen molar-refractivity contribution in [3.63, 3.8) is 0 Å². The lowest BCUT2D eigenvalue weighted by Crippen LogP contribution is -2.17. The number of hydrogen-bond donors (Lipinski definition) is 1. The molecule has 0 saturated heterocycles. The molecular formula is C12H10BrClFNS. The summed E-state index contributed by atoms with van der Waals surface area (Å²) >= 11 is 11.1. The Morgan fingerprint density at radius 2 is 2.18 bits per heavy atom. The zero-order valence-electron chi connectivity index (χ0n) is 9.01. The van der Waals surface area contributed by atoms with Crippen LogP contribution in [0.3, 0.4) is 0 Å². The number of thiophene rings is 1. The van der Waals surface area contributed by atoms with Gasteiger partial charge in [-0.1, -0.05) is 33.6 Å². The van der Waals surface area contributed by atoms with Gasteiger partial charge in [0.05, 0.1) is 11.1 Å². The maximum Gasteiger partial charge on any atom is 0.124 e. The van der Waals surface area contributed by atoms with Crippen LogP contribution in [0.15, 0.2) is 34.1 Å². The number of rotatable bonds is 3. The minimum atomic E-state index is -0.257. The summed E-state index contributed by atoms with van der Waals surface area (Å²) in [5.74, 6) is -0.257. The van der Waals surface area contributed by atoms with Crippen molar-refractivity contribution in [2.45, 2.75) is 6.04 Å². The Labute approximate surface area is 117 Å². The van der Waals surface area contributed by atoms with Crippen LogP contribution < -0.4 is 5.32 Å². The molecule has 1 aromatic heterocycles. The van der Waals surface area contributed by atoms with Gasteiger partial charge in [0.15, 0.2) is 0 Å². The third kappa shape index (κ3) is 2.71. The first-order chi connectivity index (χ1) is 8.13. The molecule has 0 spiro atoms. The highest BCUT2D eigenvalue weighted by Crippen LogP contribution is 2.35. The lowest BCUT2D eigenvalue weighted by atomic mass is 10.1. The first-order valence-electron chi connectivity index (χ1n) is 4.98. The lowest BCUT2D eigenvalue weighted by molar-refractivity contribution is 0.622. The van der Waals surface area contributed by atoms with Gasteiger partial charge >= 0.3 is 0 Å². The summed E-state index contributed by atoms with van der Waals surface area (Å²) < 4.78 is 13.8. The Kier molecular flexibility index (Phi) is 4.20. The fourth-order valence-electron chi connectivity index (χ4n) is 1.67. The minimum Gasteiger partial charge on any atom is -0.309 e. The lowest BCUT2D eigenvalue weighted by Gasteiger charge is -2.17. The van der Waals surface area contributed by atoms with Crippen LogP contribution in [0.1, 0.15) is 16.5 Å². The van der Waals surface area contributed by atoms with E-state index in [0.717, 1.165) is 19.9 Å². The van der Waals surface area contributed by atoms with Gasteiger partial charge in [0.25, 0.3) is 0 Å². The van der Waals surface area contributed by atoms with Crippen LogP contribution in [-0.2, 0) is 0 Å². The average molecular weight is 335 g/mol. The topological polar surface area (TPSA) is 12.0 Å². The van der Waals surface area contributed by atoms with Crippen molar-refractivity contribution in [1.29, 1.82) is 0 Å². The third-order valence-electron chi connectivity index (χ3n) is 2.47. The van der Waals surface area contributed by atoms with Crippen molar-refractivity contribution < 1.29 is 4.39 Å². The van der Waals surface area contributed by atoms with Crippen molar-refractivity contribution in [2.75, 3.05) is 7.05 Å². The fraction of sp³-hybridized carbons (Fsp3) is 0.167. The highest BCUT2D eigenvalue weighted by Gasteiger charge is 2.19. The van der Waals surface area contributed by atoms with E-state index >= 15 is 0 Å². The number of benzene rings is 1. The van der Waals surface area contributed by atoms with Crippen molar-refractivity contribution in [2.24, 2.45) is 0 Å². The monoisotopic (exact) mass is 333 g/mol. The van der Waals surface area contributed by atoms with Crippen LogP contribution >= 0.6 is 38.9 Å². The molecule has 0 radical (unpaired) electrons. The van der Waals surface area contributed by atoms with Crippen molar-refractivity contribution in [3.05, 3.63) is 55.4 Å². The van der Waals surface area contributed by atoms with E-state index in [4.69, 9.17) is 11.6 Å². The molecule has 1 heterocycles. The van der Waals surface area contributed by atoms with E-state index in [1.165, 1.54) is 12.1 Å². The summed E-state index contributed by atoms with van der Waals surface area (Å²) in [7, 11) is 1.86. The van der Waals surface area contributed by atoms with Gasteiger partial charge in [0.2, 0.25) is 0 Å². The normalized spacial score (nSPS) is 12.7. The highest BCUT2D eigenvalue weighted by molar-refractivity contribution is 9.10. The molecular weight excluding hydrogens is 325 g/mol. The average Bonchev–Trinajstić information content (AvgIpc) is 2.69. The molecule has 1 nitrogen and oxygen atoms in total. The van der Waals surface area contributed by atoms with Crippen molar-refractivity contribution >= 4 is 38.9 Å². The standard InChI is InChI=1S/C12H10BrClFNS/c1-16-11(12-10(14)4-5-17-12)8-3-2-7(15)6-9(8)13/h2-6,11,16H,1H3. The van der Waals surface area contributed by atoms with E-state index < -0.39 is 0 Å². The molecule has 0 amide bonds. The molecule has 0 aliphatic heterocycles. The zero-order chi connectivity index (χ0) is 12.4. The fourth-order valence-corrected chi connectivity index (χ4v) is 3.55. The number of hydrogen-bond acceptors (Lipinski definition) is 2. The van der Waals surface area contributed by atoms with Crippen LogP contribution in [-0.4, -0.2) is 7.05 Å². The second kappa shape index (κ2) is 5.48. The van der Waals surface area contributed by atoms with E-state index in [-0.39, 0.29) is 11.9 Å². The Bertz CT molecular complexity index is 529. The minimum absolute atomic E-state index is 0.0301. The molecule has 2 aromatic rings. The van der Waals surface area contributed by atoms with Gasteiger partial charge in [0, 0.05) is 9.35 Å². The molecule has 0 saturated carbocycles. The summed E-state index contributed by atoms with van der Waals surface area (Å²) in [6.07, 6.45) is 0. The quantitative estimate of drug-likeness (QED) is 0.864. The highest BCUT2D eigenvalue weighted by atomic mass is 79.9. The van der Waals surface area contributed by atoms with E-state index in [0.29, 0.717) is 0 Å². The smallest absolute Gasteiger partial charge is 0.124 e. The van der Waals surface area contributed by atoms with Crippen molar-refractivity contribution in [3.8, 4) is 0 Å². The van der Waals surface area contributed by atoms with Gasteiger partial charge in [-0.3, -0.25) is 0 Å². The zero-order valence-corrected chi connectivity index (χ0v) is 12.2. The second-order valence-electron chi connectivity index (χ2n) is 3.52. The SMILES string of the molecule is CNC(c1ccc(F)cc1Br)c1sccc1Cl. The second-order valence-corrected chi connectivity index (χ2v) is 5.73. The van der Waals surface area contributed by atoms with Gasteiger partial charge in [-0.05, 0) is 36.2 Å². The Morgan fingerprint density at radius 3 is 2.71 bits per heavy atom. The Balaban J connectivity index is 2.46. The molecule has 0 aliphatic carbocycles. The Morgan fingerprint density at radius 1 is 1.41 bits per heavy atom. The van der Waals surface area contributed by atoms with Crippen LogP contribution in [0.25, 0.3) is 0 Å². The van der Waals surface area contributed by atoms with Crippen LogP contribution in [0.5, 0.6) is 0 Å². The van der Waals surface area contributed by atoms with Crippen LogP contribution in [0.2, 0.25) is 5.02 Å². The third-order valence-corrected chi connectivity index (χ3v) is 4.58. The molecule has 2 rings (SSSR count).